The summed E-state index contributed by atoms with van der Waals surface area (Å²) in [5.74, 6) is -2.31. The summed E-state index contributed by atoms with van der Waals surface area (Å²) < 4.78 is 42.1. The van der Waals surface area contributed by atoms with Crippen LogP contribution in [0, 0.1) is 23.4 Å². The monoisotopic (exact) mass is 419 g/mol. The van der Waals surface area contributed by atoms with Crippen LogP contribution in [0.15, 0.2) is 41.5 Å². The van der Waals surface area contributed by atoms with E-state index in [1.54, 1.807) is 6.07 Å². The first-order chi connectivity index (χ1) is 13.9. The predicted molar refractivity (Wildman–Crippen MR) is 107 cm³/mol. The van der Waals surface area contributed by atoms with Gasteiger partial charge < -0.3 is 5.73 Å². The highest BCUT2D eigenvalue weighted by molar-refractivity contribution is 8.15. The molecule has 0 aromatic heterocycles. The third-order valence-electron chi connectivity index (χ3n) is 5.51. The lowest BCUT2D eigenvalue weighted by Crippen LogP contribution is -2.49. The second-order valence-electron chi connectivity index (χ2n) is 7.27. The standard InChI is InChI=1S/C21H20F3N3OS/c1-12(28)27-21(29-20(26-27)17-7-6-16(23)11-19(17)24)14(8-9-25)4-2-13-3-5-15(22)10-18(13)21/h3,5-7,10-11,14H,2,4,8-9,25H2,1H3/t14-,21+/m0/s1. The van der Waals surface area contributed by atoms with Gasteiger partial charge in [0.2, 0.25) is 5.91 Å². The number of fused-ring (bicyclic) bond motifs is 2. The van der Waals surface area contributed by atoms with Gasteiger partial charge in [0, 0.05) is 18.6 Å². The number of amides is 1. The fourth-order valence-electron chi connectivity index (χ4n) is 4.26. The van der Waals surface area contributed by atoms with E-state index < -0.39 is 22.3 Å². The molecule has 2 aromatic carbocycles. The summed E-state index contributed by atoms with van der Waals surface area (Å²) in [6.45, 7) is 1.77. The van der Waals surface area contributed by atoms with E-state index in [-0.39, 0.29) is 22.4 Å². The molecular weight excluding hydrogens is 399 g/mol. The molecule has 1 amide bonds. The maximum Gasteiger partial charge on any atom is 0.241 e. The molecule has 152 valence electrons. The van der Waals surface area contributed by atoms with E-state index in [9.17, 15) is 18.0 Å². The Balaban J connectivity index is 1.90. The number of aryl methyl sites for hydroxylation is 1. The predicted octanol–water partition coefficient (Wildman–Crippen LogP) is 4.13. The van der Waals surface area contributed by atoms with Crippen LogP contribution in [0.1, 0.15) is 36.5 Å². The van der Waals surface area contributed by atoms with Crippen LogP contribution in [0.3, 0.4) is 0 Å². The summed E-state index contributed by atoms with van der Waals surface area (Å²) in [7, 11) is 0. The van der Waals surface area contributed by atoms with Gasteiger partial charge in [-0.15, -0.1) is 0 Å². The first-order valence-corrected chi connectivity index (χ1v) is 10.2. The first kappa shape index (κ1) is 20.0. The van der Waals surface area contributed by atoms with E-state index in [1.165, 1.54) is 41.9 Å². The van der Waals surface area contributed by atoms with Gasteiger partial charge in [0.05, 0.1) is 0 Å². The van der Waals surface area contributed by atoms with Crippen molar-refractivity contribution in [3.05, 3.63) is 70.5 Å². The molecule has 2 aromatic rings. The number of hydrazone groups is 1. The molecule has 1 aliphatic carbocycles. The van der Waals surface area contributed by atoms with Crippen molar-refractivity contribution in [3.8, 4) is 0 Å². The lowest BCUT2D eigenvalue weighted by atomic mass is 9.77. The van der Waals surface area contributed by atoms with Crippen molar-refractivity contribution >= 4 is 22.7 Å². The van der Waals surface area contributed by atoms with Gasteiger partial charge in [-0.05, 0) is 67.1 Å². The van der Waals surface area contributed by atoms with Gasteiger partial charge in [0.25, 0.3) is 0 Å². The largest absolute Gasteiger partial charge is 0.330 e. The molecule has 4 nitrogen and oxygen atoms in total. The normalized spacial score (nSPS) is 23.3. The Morgan fingerprint density at radius 3 is 2.66 bits per heavy atom. The molecule has 1 spiro atoms. The summed E-state index contributed by atoms with van der Waals surface area (Å²) in [5, 5.41) is 6.01. The highest BCUT2D eigenvalue weighted by Gasteiger charge is 2.55. The molecule has 4 rings (SSSR count). The Bertz CT molecular complexity index is 1010. The minimum absolute atomic E-state index is 0.0968. The summed E-state index contributed by atoms with van der Waals surface area (Å²) in [5.41, 5.74) is 7.53. The molecule has 8 heteroatoms. The molecule has 2 N–H and O–H groups in total. The number of hydrogen-bond acceptors (Lipinski definition) is 4. The topological polar surface area (TPSA) is 58.7 Å². The minimum Gasteiger partial charge on any atom is -0.330 e. The second kappa shape index (κ2) is 7.50. The third kappa shape index (κ3) is 3.24. The third-order valence-corrected chi connectivity index (χ3v) is 7.04. The fourth-order valence-corrected chi connectivity index (χ4v) is 5.92. The van der Waals surface area contributed by atoms with Gasteiger partial charge in [0.1, 0.15) is 27.4 Å². The average molecular weight is 419 g/mol. The zero-order valence-corrected chi connectivity index (χ0v) is 16.6. The quantitative estimate of drug-likeness (QED) is 0.814. The van der Waals surface area contributed by atoms with Gasteiger partial charge in [-0.1, -0.05) is 17.8 Å². The second-order valence-corrected chi connectivity index (χ2v) is 8.49. The maximum absolute atomic E-state index is 14.5. The van der Waals surface area contributed by atoms with Crippen molar-refractivity contribution in [1.29, 1.82) is 0 Å². The fraction of sp³-hybridized carbons (Fsp3) is 0.333. The van der Waals surface area contributed by atoms with E-state index in [0.29, 0.717) is 18.5 Å². The molecule has 1 aliphatic heterocycles. The van der Waals surface area contributed by atoms with Crippen LogP contribution in [0.5, 0.6) is 0 Å². The number of rotatable bonds is 3. The Kier molecular flexibility index (Phi) is 5.16. The van der Waals surface area contributed by atoms with Crippen molar-refractivity contribution in [2.75, 3.05) is 6.54 Å². The zero-order valence-electron chi connectivity index (χ0n) is 15.8. The van der Waals surface area contributed by atoms with Crippen LogP contribution in [-0.4, -0.2) is 22.5 Å². The summed E-state index contributed by atoms with van der Waals surface area (Å²) >= 11 is 1.21. The summed E-state index contributed by atoms with van der Waals surface area (Å²) in [4.78, 5) is 11.6. The van der Waals surface area contributed by atoms with E-state index in [1.807, 2.05) is 0 Å². The van der Waals surface area contributed by atoms with Crippen molar-refractivity contribution in [2.45, 2.75) is 31.1 Å². The number of benzene rings is 2. The number of nitrogens with zero attached hydrogens (tertiary/aromatic N) is 2. The number of carbonyl (C=O) groups excluding carboxylic acids is 1. The Labute approximate surface area is 171 Å². The average Bonchev–Trinajstić information content (AvgIpc) is 3.06. The van der Waals surface area contributed by atoms with E-state index >= 15 is 0 Å². The Morgan fingerprint density at radius 2 is 1.97 bits per heavy atom. The van der Waals surface area contributed by atoms with Gasteiger partial charge in [-0.25, -0.2) is 18.2 Å². The van der Waals surface area contributed by atoms with E-state index in [0.717, 1.165) is 30.5 Å². The van der Waals surface area contributed by atoms with Gasteiger partial charge >= 0.3 is 0 Å². The highest BCUT2D eigenvalue weighted by atomic mass is 32.2. The van der Waals surface area contributed by atoms with E-state index in [4.69, 9.17) is 5.73 Å². The Hall–Kier alpha value is -2.32. The van der Waals surface area contributed by atoms with Crippen LogP contribution in [-0.2, 0) is 16.1 Å². The van der Waals surface area contributed by atoms with Crippen LogP contribution in [0.25, 0.3) is 0 Å². The number of thioether (sulfide) groups is 1. The molecule has 0 unspecified atom stereocenters. The summed E-state index contributed by atoms with van der Waals surface area (Å²) in [6.07, 6.45) is 2.07. The Morgan fingerprint density at radius 1 is 1.24 bits per heavy atom. The molecule has 0 fully saturated rings. The first-order valence-electron chi connectivity index (χ1n) is 9.39. The molecule has 0 saturated heterocycles. The lowest BCUT2D eigenvalue weighted by Gasteiger charge is -2.45. The molecule has 2 aliphatic rings. The van der Waals surface area contributed by atoms with E-state index in [2.05, 4.69) is 5.10 Å². The molecule has 0 radical (unpaired) electrons. The van der Waals surface area contributed by atoms with Gasteiger partial charge in [0.15, 0.2) is 0 Å². The number of carbonyl (C=O) groups is 1. The van der Waals surface area contributed by atoms with Gasteiger partial charge in [-0.2, -0.15) is 5.10 Å². The number of hydrogen-bond donors (Lipinski definition) is 1. The van der Waals surface area contributed by atoms with Crippen molar-refractivity contribution in [1.82, 2.24) is 5.01 Å². The number of halogens is 3. The smallest absolute Gasteiger partial charge is 0.241 e. The molecule has 0 bridgehead atoms. The van der Waals surface area contributed by atoms with Crippen molar-refractivity contribution < 1.29 is 18.0 Å². The van der Waals surface area contributed by atoms with Crippen molar-refractivity contribution in [3.63, 3.8) is 0 Å². The zero-order chi connectivity index (χ0) is 20.8. The SMILES string of the molecule is CC(=O)N1N=C(c2ccc(F)cc2F)S[C@]12c1cc(F)ccc1CC[C@H]2CCN. The molecule has 1 heterocycles. The van der Waals surface area contributed by atoms with Gasteiger partial charge in [-0.3, -0.25) is 4.79 Å². The summed E-state index contributed by atoms with van der Waals surface area (Å²) in [6, 6.07) is 7.79. The molecule has 2 atom stereocenters. The highest BCUT2D eigenvalue weighted by Crippen LogP contribution is 2.57. The molecule has 0 saturated carbocycles. The minimum atomic E-state index is -1.02. The van der Waals surface area contributed by atoms with Crippen LogP contribution >= 0.6 is 11.8 Å². The molecular formula is C21H20F3N3OS. The molecule has 29 heavy (non-hydrogen) atoms. The van der Waals surface area contributed by atoms with Crippen LogP contribution in [0.4, 0.5) is 13.2 Å². The van der Waals surface area contributed by atoms with Crippen LogP contribution in [0.2, 0.25) is 0 Å². The van der Waals surface area contributed by atoms with Crippen LogP contribution < -0.4 is 5.73 Å². The number of nitrogens with two attached hydrogens (primary N) is 1. The van der Waals surface area contributed by atoms with Crippen molar-refractivity contribution in [2.24, 2.45) is 16.8 Å². The lowest BCUT2D eigenvalue weighted by molar-refractivity contribution is -0.134. The maximum atomic E-state index is 14.5.